The van der Waals surface area contributed by atoms with Crippen LogP contribution in [0.25, 0.3) is 0 Å². The molecule has 2 atom stereocenters. The number of carbonyl (C=O) groups is 1. The highest BCUT2D eigenvalue weighted by Crippen LogP contribution is 2.28. The SMILES string of the molecule is CNC(=O)c1cccc(CN2CC[C@@H]3CNC[C@@H]32)c1. The smallest absolute Gasteiger partial charge is 0.251 e. The Morgan fingerprint density at radius 1 is 1.47 bits per heavy atom. The number of nitrogens with zero attached hydrogens (tertiary/aromatic N) is 1. The summed E-state index contributed by atoms with van der Waals surface area (Å²) in [7, 11) is 1.67. The van der Waals surface area contributed by atoms with Gasteiger partial charge >= 0.3 is 0 Å². The van der Waals surface area contributed by atoms with Crippen LogP contribution in [0.4, 0.5) is 0 Å². The Kier molecular flexibility index (Phi) is 3.53. The predicted octanol–water partition coefficient (Wildman–Crippen LogP) is 0.840. The lowest BCUT2D eigenvalue weighted by Gasteiger charge is -2.23. The van der Waals surface area contributed by atoms with E-state index in [1.165, 1.54) is 25.1 Å². The third kappa shape index (κ3) is 2.51. The number of hydrogen-bond acceptors (Lipinski definition) is 3. The van der Waals surface area contributed by atoms with Gasteiger partial charge in [-0.15, -0.1) is 0 Å². The molecule has 4 heteroatoms. The van der Waals surface area contributed by atoms with Gasteiger partial charge < -0.3 is 10.6 Å². The number of nitrogens with one attached hydrogen (secondary N) is 2. The highest BCUT2D eigenvalue weighted by atomic mass is 16.1. The van der Waals surface area contributed by atoms with E-state index in [0.29, 0.717) is 6.04 Å². The molecule has 2 aliphatic heterocycles. The summed E-state index contributed by atoms with van der Waals surface area (Å²) in [6.07, 6.45) is 1.30. The van der Waals surface area contributed by atoms with Crippen molar-refractivity contribution >= 4 is 5.91 Å². The molecule has 0 unspecified atom stereocenters. The third-order valence-corrected chi connectivity index (χ3v) is 4.36. The third-order valence-electron chi connectivity index (χ3n) is 4.36. The molecule has 0 radical (unpaired) electrons. The number of likely N-dealkylation sites (tertiary alicyclic amines) is 1. The Hall–Kier alpha value is -1.39. The van der Waals surface area contributed by atoms with E-state index in [4.69, 9.17) is 0 Å². The molecule has 19 heavy (non-hydrogen) atoms. The number of amides is 1. The highest BCUT2D eigenvalue weighted by molar-refractivity contribution is 5.94. The molecule has 2 saturated heterocycles. The number of fused-ring (bicyclic) bond motifs is 1. The van der Waals surface area contributed by atoms with Crippen LogP contribution in [-0.2, 0) is 6.54 Å². The van der Waals surface area contributed by atoms with Crippen molar-refractivity contribution in [3.8, 4) is 0 Å². The van der Waals surface area contributed by atoms with Crippen molar-refractivity contribution in [3.05, 3.63) is 35.4 Å². The van der Waals surface area contributed by atoms with Crippen molar-refractivity contribution in [2.75, 3.05) is 26.7 Å². The fraction of sp³-hybridized carbons (Fsp3) is 0.533. The molecule has 0 aliphatic carbocycles. The summed E-state index contributed by atoms with van der Waals surface area (Å²) in [6, 6.07) is 8.65. The molecule has 2 aliphatic rings. The zero-order valence-corrected chi connectivity index (χ0v) is 11.4. The van der Waals surface area contributed by atoms with Gasteiger partial charge in [0.2, 0.25) is 0 Å². The van der Waals surface area contributed by atoms with Crippen LogP contribution in [0.3, 0.4) is 0 Å². The summed E-state index contributed by atoms with van der Waals surface area (Å²) >= 11 is 0. The molecule has 0 aromatic heterocycles. The molecule has 2 heterocycles. The van der Waals surface area contributed by atoms with Crippen LogP contribution >= 0.6 is 0 Å². The average molecular weight is 259 g/mol. The Morgan fingerprint density at radius 3 is 3.21 bits per heavy atom. The summed E-state index contributed by atoms with van der Waals surface area (Å²) in [5, 5.41) is 6.15. The number of benzene rings is 1. The molecule has 1 aromatic rings. The average Bonchev–Trinajstić information content (AvgIpc) is 3.03. The molecule has 0 spiro atoms. The van der Waals surface area contributed by atoms with Crippen molar-refractivity contribution in [1.29, 1.82) is 0 Å². The molecule has 4 nitrogen and oxygen atoms in total. The second-order valence-corrected chi connectivity index (χ2v) is 5.52. The lowest BCUT2D eigenvalue weighted by molar-refractivity contribution is 0.0963. The van der Waals surface area contributed by atoms with Gasteiger partial charge in [0.1, 0.15) is 0 Å². The molecule has 102 valence electrons. The van der Waals surface area contributed by atoms with E-state index in [9.17, 15) is 4.79 Å². The standard InChI is InChI=1S/C15H21N3O/c1-16-15(19)12-4-2-3-11(7-12)10-18-6-5-13-8-17-9-14(13)18/h2-4,7,13-14,17H,5-6,8-10H2,1H3,(H,16,19)/t13-,14+/m1/s1. The molecule has 2 N–H and O–H groups in total. The normalized spacial score (nSPS) is 26.4. The summed E-state index contributed by atoms with van der Waals surface area (Å²) in [5.74, 6) is 0.811. The Morgan fingerprint density at radius 2 is 2.37 bits per heavy atom. The molecule has 3 rings (SSSR count). The van der Waals surface area contributed by atoms with Gasteiger partial charge in [0.05, 0.1) is 0 Å². The van der Waals surface area contributed by atoms with Gasteiger partial charge in [0.25, 0.3) is 5.91 Å². The molecule has 0 bridgehead atoms. The van der Waals surface area contributed by atoms with Crippen LogP contribution in [0.2, 0.25) is 0 Å². The first-order chi connectivity index (χ1) is 9.28. The van der Waals surface area contributed by atoms with Gasteiger partial charge in [-0.05, 0) is 43.1 Å². The minimum absolute atomic E-state index is 0.0105. The first-order valence-corrected chi connectivity index (χ1v) is 7.03. The first kappa shape index (κ1) is 12.6. The van der Waals surface area contributed by atoms with Crippen molar-refractivity contribution in [2.24, 2.45) is 5.92 Å². The molecule has 0 saturated carbocycles. The fourth-order valence-electron chi connectivity index (χ4n) is 3.32. The van der Waals surface area contributed by atoms with E-state index in [0.717, 1.165) is 24.6 Å². The summed E-state index contributed by atoms with van der Waals surface area (Å²) < 4.78 is 0. The van der Waals surface area contributed by atoms with Crippen LogP contribution in [0, 0.1) is 5.92 Å². The Labute approximate surface area is 114 Å². The second-order valence-electron chi connectivity index (χ2n) is 5.52. The van der Waals surface area contributed by atoms with E-state index >= 15 is 0 Å². The number of carbonyl (C=O) groups excluding carboxylic acids is 1. The monoisotopic (exact) mass is 259 g/mol. The number of rotatable bonds is 3. The zero-order chi connectivity index (χ0) is 13.2. The van der Waals surface area contributed by atoms with Gasteiger partial charge in [0.15, 0.2) is 0 Å². The summed E-state index contributed by atoms with van der Waals surface area (Å²) in [5.41, 5.74) is 1.98. The first-order valence-electron chi connectivity index (χ1n) is 7.03. The zero-order valence-electron chi connectivity index (χ0n) is 11.4. The van der Waals surface area contributed by atoms with Crippen LogP contribution in [-0.4, -0.2) is 43.5 Å². The van der Waals surface area contributed by atoms with Crippen molar-refractivity contribution < 1.29 is 4.79 Å². The van der Waals surface area contributed by atoms with Gasteiger partial charge in [-0.3, -0.25) is 9.69 Å². The van der Waals surface area contributed by atoms with Crippen LogP contribution in [0.1, 0.15) is 22.3 Å². The van der Waals surface area contributed by atoms with E-state index < -0.39 is 0 Å². The minimum Gasteiger partial charge on any atom is -0.355 e. The molecular formula is C15H21N3O. The number of hydrogen-bond donors (Lipinski definition) is 2. The summed E-state index contributed by atoms with van der Waals surface area (Å²) in [6.45, 7) is 4.41. The van der Waals surface area contributed by atoms with Gasteiger partial charge in [-0.2, -0.15) is 0 Å². The van der Waals surface area contributed by atoms with Gasteiger partial charge in [-0.25, -0.2) is 0 Å². The molecular weight excluding hydrogens is 238 g/mol. The Bertz CT molecular complexity index is 474. The lowest BCUT2D eigenvalue weighted by Crippen LogP contribution is -2.33. The van der Waals surface area contributed by atoms with Crippen LogP contribution in [0.15, 0.2) is 24.3 Å². The van der Waals surface area contributed by atoms with Crippen LogP contribution < -0.4 is 10.6 Å². The molecule has 2 fully saturated rings. The van der Waals surface area contributed by atoms with Crippen molar-refractivity contribution in [1.82, 2.24) is 15.5 Å². The maximum Gasteiger partial charge on any atom is 0.251 e. The topological polar surface area (TPSA) is 44.4 Å². The van der Waals surface area contributed by atoms with E-state index in [1.54, 1.807) is 7.05 Å². The molecule has 1 aromatic carbocycles. The maximum atomic E-state index is 11.7. The second kappa shape index (κ2) is 5.31. The maximum absolute atomic E-state index is 11.7. The van der Waals surface area contributed by atoms with Gasteiger partial charge in [-0.1, -0.05) is 12.1 Å². The van der Waals surface area contributed by atoms with Gasteiger partial charge in [0, 0.05) is 31.7 Å². The minimum atomic E-state index is -0.0105. The van der Waals surface area contributed by atoms with E-state index in [-0.39, 0.29) is 5.91 Å². The predicted molar refractivity (Wildman–Crippen MR) is 75.0 cm³/mol. The lowest BCUT2D eigenvalue weighted by atomic mass is 10.0. The quantitative estimate of drug-likeness (QED) is 0.845. The van der Waals surface area contributed by atoms with Crippen molar-refractivity contribution in [3.63, 3.8) is 0 Å². The largest absolute Gasteiger partial charge is 0.355 e. The van der Waals surface area contributed by atoms with Crippen LogP contribution in [0.5, 0.6) is 0 Å². The summed E-state index contributed by atoms with van der Waals surface area (Å²) in [4.78, 5) is 14.2. The Balaban J connectivity index is 1.71. The van der Waals surface area contributed by atoms with E-state index in [2.05, 4.69) is 21.6 Å². The van der Waals surface area contributed by atoms with E-state index in [1.807, 2.05) is 18.2 Å². The van der Waals surface area contributed by atoms with Crippen molar-refractivity contribution in [2.45, 2.75) is 19.0 Å². The highest BCUT2D eigenvalue weighted by Gasteiger charge is 2.37. The fourth-order valence-corrected chi connectivity index (χ4v) is 3.32. The molecule has 1 amide bonds.